The SMILES string of the molecule is CCCCCCCCCCCC[Si](C)(C)c1ccc(-c2cc(CBr)ccc2CBr)cc1. The van der Waals surface area contributed by atoms with Crippen LogP contribution in [0.1, 0.15) is 82.3 Å². The molecule has 0 aromatic heterocycles. The van der Waals surface area contributed by atoms with E-state index in [-0.39, 0.29) is 0 Å². The summed E-state index contributed by atoms with van der Waals surface area (Å²) >= 11 is 7.26. The van der Waals surface area contributed by atoms with Gasteiger partial charge in [0.1, 0.15) is 0 Å². The minimum Gasteiger partial charge on any atom is -0.0876 e. The molecule has 2 aromatic carbocycles. The zero-order valence-electron chi connectivity index (χ0n) is 20.0. The third kappa shape index (κ3) is 9.18. The summed E-state index contributed by atoms with van der Waals surface area (Å²) in [5.74, 6) is 0. The predicted molar refractivity (Wildman–Crippen MR) is 151 cm³/mol. The normalized spacial score (nSPS) is 11.8. The van der Waals surface area contributed by atoms with Gasteiger partial charge in [-0.3, -0.25) is 0 Å². The van der Waals surface area contributed by atoms with Gasteiger partial charge in [-0.25, -0.2) is 0 Å². The summed E-state index contributed by atoms with van der Waals surface area (Å²) in [6.45, 7) is 7.39. The lowest BCUT2D eigenvalue weighted by Gasteiger charge is -2.23. The van der Waals surface area contributed by atoms with Crippen LogP contribution in [0.15, 0.2) is 42.5 Å². The quantitative estimate of drug-likeness (QED) is 0.114. The van der Waals surface area contributed by atoms with Crippen molar-refractivity contribution in [2.24, 2.45) is 0 Å². The summed E-state index contributed by atoms with van der Waals surface area (Å²) < 4.78 is 0. The van der Waals surface area contributed by atoms with Crippen molar-refractivity contribution in [1.29, 1.82) is 0 Å². The molecule has 0 aliphatic heterocycles. The fourth-order valence-electron chi connectivity index (χ4n) is 4.39. The van der Waals surface area contributed by atoms with Gasteiger partial charge in [0.25, 0.3) is 0 Å². The second-order valence-electron chi connectivity index (χ2n) is 9.65. The van der Waals surface area contributed by atoms with E-state index < -0.39 is 8.07 Å². The summed E-state index contributed by atoms with van der Waals surface area (Å²) in [4.78, 5) is 0. The third-order valence-electron chi connectivity index (χ3n) is 6.61. The zero-order chi connectivity index (χ0) is 22.5. The fraction of sp³-hybridized carbons (Fsp3) is 0.571. The van der Waals surface area contributed by atoms with Crippen LogP contribution < -0.4 is 5.19 Å². The molecule has 172 valence electrons. The van der Waals surface area contributed by atoms with Crippen molar-refractivity contribution >= 4 is 45.1 Å². The van der Waals surface area contributed by atoms with Gasteiger partial charge in [-0.1, -0.05) is 170 Å². The summed E-state index contributed by atoms with van der Waals surface area (Å²) in [5.41, 5.74) is 5.39. The van der Waals surface area contributed by atoms with Crippen molar-refractivity contribution in [3.63, 3.8) is 0 Å². The third-order valence-corrected chi connectivity index (χ3v) is 11.4. The van der Waals surface area contributed by atoms with E-state index in [1.807, 2.05) is 0 Å². The molecular formula is C28H42Br2Si. The molecule has 0 saturated heterocycles. The van der Waals surface area contributed by atoms with Crippen molar-refractivity contribution in [2.45, 2.75) is 101 Å². The number of alkyl halides is 2. The predicted octanol–water partition coefficient (Wildman–Crippen LogP) is 9.98. The Balaban J connectivity index is 1.82. The fourth-order valence-corrected chi connectivity index (χ4v) is 7.72. The minimum atomic E-state index is -1.35. The summed E-state index contributed by atoms with van der Waals surface area (Å²) in [7, 11) is -1.35. The van der Waals surface area contributed by atoms with E-state index in [1.54, 1.807) is 5.19 Å². The number of unbranched alkanes of at least 4 members (excludes halogenated alkanes) is 9. The molecule has 0 aliphatic rings. The minimum absolute atomic E-state index is 0.894. The first-order valence-electron chi connectivity index (χ1n) is 12.4. The van der Waals surface area contributed by atoms with E-state index in [2.05, 4.69) is 94.3 Å². The van der Waals surface area contributed by atoms with Gasteiger partial charge in [-0.05, 0) is 22.3 Å². The highest BCUT2D eigenvalue weighted by atomic mass is 79.9. The van der Waals surface area contributed by atoms with Crippen LogP contribution in [0.25, 0.3) is 11.1 Å². The maximum Gasteiger partial charge on any atom is 0.0806 e. The van der Waals surface area contributed by atoms with Gasteiger partial charge >= 0.3 is 0 Å². The molecule has 0 N–H and O–H groups in total. The average Bonchev–Trinajstić information content (AvgIpc) is 2.80. The topological polar surface area (TPSA) is 0 Å². The van der Waals surface area contributed by atoms with Crippen LogP contribution in [0.2, 0.25) is 19.1 Å². The molecule has 0 saturated carbocycles. The molecule has 0 amide bonds. The number of benzene rings is 2. The largest absolute Gasteiger partial charge is 0.0876 e. The van der Waals surface area contributed by atoms with Crippen LogP contribution in [-0.4, -0.2) is 8.07 Å². The molecule has 0 radical (unpaired) electrons. The molecule has 3 heteroatoms. The van der Waals surface area contributed by atoms with Gasteiger partial charge < -0.3 is 0 Å². The molecule has 0 heterocycles. The second-order valence-corrected chi connectivity index (χ2v) is 15.6. The Morgan fingerprint density at radius 3 is 1.81 bits per heavy atom. The first-order chi connectivity index (χ1) is 15.0. The second kappa shape index (κ2) is 14.7. The number of halogens is 2. The maximum absolute atomic E-state index is 3.66. The van der Waals surface area contributed by atoms with E-state index in [0.717, 1.165) is 10.7 Å². The lowest BCUT2D eigenvalue weighted by molar-refractivity contribution is 0.561. The molecule has 0 nitrogen and oxygen atoms in total. The molecule has 0 aliphatic carbocycles. The highest BCUT2D eigenvalue weighted by Gasteiger charge is 2.22. The summed E-state index contributed by atoms with van der Waals surface area (Å²) in [5, 5.41) is 3.40. The Hall–Kier alpha value is -0.383. The Bertz CT molecular complexity index is 752. The molecule has 0 unspecified atom stereocenters. The zero-order valence-corrected chi connectivity index (χ0v) is 24.2. The number of hydrogen-bond donors (Lipinski definition) is 0. The Morgan fingerprint density at radius 1 is 0.677 bits per heavy atom. The van der Waals surface area contributed by atoms with Gasteiger partial charge in [-0.2, -0.15) is 0 Å². The van der Waals surface area contributed by atoms with Gasteiger partial charge in [0.05, 0.1) is 8.07 Å². The van der Waals surface area contributed by atoms with Gasteiger partial charge in [0.2, 0.25) is 0 Å². The van der Waals surface area contributed by atoms with E-state index in [0.29, 0.717) is 0 Å². The first-order valence-corrected chi connectivity index (χ1v) is 17.8. The molecule has 0 atom stereocenters. The highest BCUT2D eigenvalue weighted by Crippen LogP contribution is 2.28. The molecule has 0 spiro atoms. The van der Waals surface area contributed by atoms with Crippen LogP contribution in [0.3, 0.4) is 0 Å². The van der Waals surface area contributed by atoms with Gasteiger partial charge in [0.15, 0.2) is 0 Å². The van der Waals surface area contributed by atoms with E-state index in [4.69, 9.17) is 0 Å². The van der Waals surface area contributed by atoms with E-state index in [9.17, 15) is 0 Å². The molecule has 31 heavy (non-hydrogen) atoms. The van der Waals surface area contributed by atoms with E-state index >= 15 is 0 Å². The molecule has 2 rings (SSSR count). The van der Waals surface area contributed by atoms with Crippen LogP contribution in [-0.2, 0) is 10.7 Å². The van der Waals surface area contributed by atoms with E-state index in [1.165, 1.54) is 92.5 Å². The van der Waals surface area contributed by atoms with Crippen LogP contribution >= 0.6 is 31.9 Å². The molecular weight excluding hydrogens is 524 g/mol. The summed E-state index contributed by atoms with van der Waals surface area (Å²) in [6, 6.07) is 17.7. The van der Waals surface area contributed by atoms with Gasteiger partial charge in [-0.15, -0.1) is 0 Å². The highest BCUT2D eigenvalue weighted by molar-refractivity contribution is 9.08. The smallest absolute Gasteiger partial charge is 0.0806 e. The average molecular weight is 567 g/mol. The number of rotatable bonds is 15. The molecule has 2 aromatic rings. The van der Waals surface area contributed by atoms with Crippen molar-refractivity contribution in [1.82, 2.24) is 0 Å². The van der Waals surface area contributed by atoms with Crippen LogP contribution in [0, 0.1) is 0 Å². The first kappa shape index (κ1) is 26.9. The Kier molecular flexibility index (Phi) is 12.7. The van der Waals surface area contributed by atoms with Crippen LogP contribution in [0.5, 0.6) is 0 Å². The van der Waals surface area contributed by atoms with Crippen LogP contribution in [0.4, 0.5) is 0 Å². The van der Waals surface area contributed by atoms with Crippen molar-refractivity contribution in [3.05, 3.63) is 53.6 Å². The lowest BCUT2D eigenvalue weighted by atomic mass is 9.99. The number of hydrogen-bond acceptors (Lipinski definition) is 0. The Labute approximate surface area is 209 Å². The Morgan fingerprint density at radius 2 is 1.26 bits per heavy atom. The summed E-state index contributed by atoms with van der Waals surface area (Å²) in [6.07, 6.45) is 14.2. The van der Waals surface area contributed by atoms with Crippen molar-refractivity contribution < 1.29 is 0 Å². The standard InChI is InChI=1S/C28H42Br2Si/c1-4-5-6-7-8-9-10-11-12-13-20-31(2,3)27-18-16-25(17-19-27)28-21-24(22-29)14-15-26(28)23-30/h14-19,21H,4-13,20,22-23H2,1-3H3. The van der Waals surface area contributed by atoms with Gasteiger partial charge in [0, 0.05) is 10.7 Å². The monoisotopic (exact) mass is 564 g/mol. The van der Waals surface area contributed by atoms with Crippen molar-refractivity contribution in [3.8, 4) is 11.1 Å². The van der Waals surface area contributed by atoms with Crippen molar-refractivity contribution in [2.75, 3.05) is 0 Å². The molecule has 0 fully saturated rings. The lowest BCUT2D eigenvalue weighted by Crippen LogP contribution is -2.40. The molecule has 0 bridgehead atoms. The maximum atomic E-state index is 3.66.